The smallest absolute Gasteiger partial charge is 0.325 e. The molecular formula is C17H16BrNO5S2. The molecule has 0 saturated heterocycles. The second kappa shape index (κ2) is 7.59. The standard InChI is InChI=1S/C17H16BrNO5S2/c1-26(22,23)19-9-12-5-3-2-4-11(12)8-13(19)17(21)24-10-14(20)15-6-7-16(18)25-15/h2-7,13H,8-10H2,1H3. The molecule has 0 amide bonds. The summed E-state index contributed by atoms with van der Waals surface area (Å²) in [4.78, 5) is 25.1. The van der Waals surface area contributed by atoms with Gasteiger partial charge in [0.05, 0.1) is 14.9 Å². The van der Waals surface area contributed by atoms with Crippen molar-refractivity contribution in [3.05, 3.63) is 56.2 Å². The third-order valence-corrected chi connectivity index (χ3v) is 7.00. The normalized spacial score (nSPS) is 17.5. The van der Waals surface area contributed by atoms with Gasteiger partial charge in [0.15, 0.2) is 6.61 Å². The summed E-state index contributed by atoms with van der Waals surface area (Å²) in [5.74, 6) is -1.04. The van der Waals surface area contributed by atoms with Gasteiger partial charge in [0, 0.05) is 13.0 Å². The van der Waals surface area contributed by atoms with E-state index in [4.69, 9.17) is 4.74 Å². The monoisotopic (exact) mass is 457 g/mol. The van der Waals surface area contributed by atoms with Crippen molar-refractivity contribution < 1.29 is 22.7 Å². The van der Waals surface area contributed by atoms with E-state index in [1.807, 2.05) is 24.3 Å². The number of nitrogens with zero attached hydrogens (tertiary/aromatic N) is 1. The molecule has 2 heterocycles. The number of ether oxygens (including phenoxy) is 1. The van der Waals surface area contributed by atoms with Crippen molar-refractivity contribution in [3.63, 3.8) is 0 Å². The average Bonchev–Trinajstić information content (AvgIpc) is 3.04. The fourth-order valence-electron chi connectivity index (χ4n) is 2.82. The zero-order valence-electron chi connectivity index (χ0n) is 13.8. The van der Waals surface area contributed by atoms with Gasteiger partial charge in [-0.3, -0.25) is 9.59 Å². The van der Waals surface area contributed by atoms with Gasteiger partial charge in [-0.25, -0.2) is 8.42 Å². The highest BCUT2D eigenvalue weighted by atomic mass is 79.9. The third kappa shape index (κ3) is 4.22. The van der Waals surface area contributed by atoms with Crippen molar-refractivity contribution in [2.45, 2.75) is 19.0 Å². The fourth-order valence-corrected chi connectivity index (χ4v) is 5.12. The maximum Gasteiger partial charge on any atom is 0.325 e. The highest BCUT2D eigenvalue weighted by Crippen LogP contribution is 2.26. The van der Waals surface area contributed by atoms with E-state index < -0.39 is 28.6 Å². The number of halogens is 1. The van der Waals surface area contributed by atoms with Crippen LogP contribution in [0.1, 0.15) is 20.8 Å². The molecule has 1 aromatic carbocycles. The minimum atomic E-state index is -3.61. The molecule has 0 spiro atoms. The Morgan fingerprint density at radius 1 is 1.23 bits per heavy atom. The summed E-state index contributed by atoms with van der Waals surface area (Å²) in [5.41, 5.74) is 1.77. The van der Waals surface area contributed by atoms with Crippen molar-refractivity contribution in [2.24, 2.45) is 0 Å². The van der Waals surface area contributed by atoms with Crippen LogP contribution < -0.4 is 0 Å². The van der Waals surface area contributed by atoms with E-state index in [0.29, 0.717) is 4.88 Å². The number of hydrogen-bond donors (Lipinski definition) is 0. The van der Waals surface area contributed by atoms with Crippen molar-refractivity contribution in [2.75, 3.05) is 12.9 Å². The molecule has 0 saturated carbocycles. The minimum absolute atomic E-state index is 0.112. The van der Waals surface area contributed by atoms with E-state index in [-0.39, 0.29) is 18.7 Å². The van der Waals surface area contributed by atoms with Crippen molar-refractivity contribution in [1.82, 2.24) is 4.31 Å². The number of benzene rings is 1. The number of hydrogen-bond acceptors (Lipinski definition) is 6. The molecule has 1 atom stereocenters. The highest BCUT2D eigenvalue weighted by molar-refractivity contribution is 9.11. The Bertz CT molecular complexity index is 954. The summed E-state index contributed by atoms with van der Waals surface area (Å²) < 4.78 is 31.3. The lowest BCUT2D eigenvalue weighted by Gasteiger charge is -2.33. The summed E-state index contributed by atoms with van der Waals surface area (Å²) in [6, 6.07) is 9.79. The van der Waals surface area contributed by atoms with Crippen LogP contribution in [0.15, 0.2) is 40.2 Å². The zero-order chi connectivity index (χ0) is 18.9. The molecule has 1 aromatic heterocycles. The number of carbonyl (C=O) groups is 2. The SMILES string of the molecule is CS(=O)(=O)N1Cc2ccccc2CC1C(=O)OCC(=O)c1ccc(Br)s1. The number of thiophene rings is 1. The number of carbonyl (C=O) groups excluding carboxylic acids is 2. The summed E-state index contributed by atoms with van der Waals surface area (Å²) in [6.07, 6.45) is 1.29. The van der Waals surface area contributed by atoms with Gasteiger partial charge in [0.1, 0.15) is 6.04 Å². The first kappa shape index (κ1) is 19.2. The van der Waals surface area contributed by atoms with E-state index in [1.54, 1.807) is 12.1 Å². The van der Waals surface area contributed by atoms with Crippen LogP contribution in [0.2, 0.25) is 0 Å². The molecule has 9 heteroatoms. The lowest BCUT2D eigenvalue weighted by molar-refractivity contribution is -0.147. The first-order valence-corrected chi connectivity index (χ1v) is 11.2. The van der Waals surface area contributed by atoms with E-state index in [0.717, 1.165) is 25.5 Å². The Labute approximate surface area is 164 Å². The van der Waals surface area contributed by atoms with Crippen LogP contribution in [0.5, 0.6) is 0 Å². The molecule has 0 fully saturated rings. The zero-order valence-corrected chi connectivity index (χ0v) is 17.1. The molecule has 3 rings (SSSR count). The summed E-state index contributed by atoms with van der Waals surface area (Å²) >= 11 is 4.52. The Morgan fingerprint density at radius 3 is 2.54 bits per heavy atom. The van der Waals surface area contributed by atoms with Crippen molar-refractivity contribution in [3.8, 4) is 0 Å². The maximum atomic E-state index is 12.5. The van der Waals surface area contributed by atoms with Crippen LogP contribution in [0.4, 0.5) is 0 Å². The van der Waals surface area contributed by atoms with Crippen LogP contribution in [0.25, 0.3) is 0 Å². The molecule has 1 aliphatic heterocycles. The van der Waals surface area contributed by atoms with E-state index in [2.05, 4.69) is 15.9 Å². The van der Waals surface area contributed by atoms with E-state index >= 15 is 0 Å². The van der Waals surface area contributed by atoms with E-state index in [1.165, 1.54) is 11.3 Å². The van der Waals surface area contributed by atoms with Crippen molar-refractivity contribution in [1.29, 1.82) is 0 Å². The Morgan fingerprint density at radius 2 is 1.92 bits per heavy atom. The first-order chi connectivity index (χ1) is 12.3. The number of ketones is 1. The minimum Gasteiger partial charge on any atom is -0.456 e. The second-order valence-electron chi connectivity index (χ2n) is 5.93. The summed E-state index contributed by atoms with van der Waals surface area (Å²) in [5, 5.41) is 0. The van der Waals surface area contributed by atoms with Gasteiger partial charge in [-0.2, -0.15) is 4.31 Å². The first-order valence-electron chi connectivity index (χ1n) is 7.74. The molecular weight excluding hydrogens is 442 g/mol. The largest absolute Gasteiger partial charge is 0.456 e. The Balaban J connectivity index is 1.75. The molecule has 1 aliphatic rings. The predicted molar refractivity (Wildman–Crippen MR) is 102 cm³/mol. The third-order valence-electron chi connectivity index (χ3n) is 4.10. The molecule has 0 aliphatic carbocycles. The van der Waals surface area contributed by atoms with Gasteiger partial charge in [-0.05, 0) is 39.2 Å². The number of rotatable bonds is 5. The Hall–Kier alpha value is -1.55. The van der Waals surface area contributed by atoms with Gasteiger partial charge in [0.25, 0.3) is 0 Å². The van der Waals surface area contributed by atoms with Crippen molar-refractivity contribution >= 4 is 49.0 Å². The molecule has 138 valence electrons. The van der Waals surface area contributed by atoms with Gasteiger partial charge in [-0.15, -0.1) is 11.3 Å². The molecule has 6 nitrogen and oxygen atoms in total. The summed E-state index contributed by atoms with van der Waals surface area (Å²) in [6.45, 7) is -0.303. The average molecular weight is 458 g/mol. The van der Waals surface area contributed by atoms with Crippen LogP contribution in [-0.2, 0) is 32.5 Å². The lowest BCUT2D eigenvalue weighted by Crippen LogP contribution is -2.49. The second-order valence-corrected chi connectivity index (χ2v) is 10.3. The van der Waals surface area contributed by atoms with Gasteiger partial charge >= 0.3 is 5.97 Å². The number of fused-ring (bicyclic) bond motifs is 1. The number of Topliss-reactive ketones (excluding diaryl/α,β-unsaturated/α-hetero) is 1. The lowest BCUT2D eigenvalue weighted by atomic mass is 9.96. The highest BCUT2D eigenvalue weighted by Gasteiger charge is 2.38. The quantitative estimate of drug-likeness (QED) is 0.509. The van der Waals surface area contributed by atoms with Gasteiger partial charge in [0.2, 0.25) is 15.8 Å². The van der Waals surface area contributed by atoms with Gasteiger partial charge < -0.3 is 4.74 Å². The maximum absolute atomic E-state index is 12.5. The topological polar surface area (TPSA) is 80.8 Å². The molecule has 0 bridgehead atoms. The molecule has 1 unspecified atom stereocenters. The summed E-state index contributed by atoms with van der Waals surface area (Å²) in [7, 11) is -3.61. The van der Waals surface area contributed by atoms with Gasteiger partial charge in [-0.1, -0.05) is 24.3 Å². The molecule has 0 radical (unpaired) electrons. The molecule has 2 aromatic rings. The molecule has 0 N–H and O–H groups in total. The Kier molecular flexibility index (Phi) is 5.61. The number of sulfonamides is 1. The van der Waals surface area contributed by atoms with Crippen LogP contribution in [0.3, 0.4) is 0 Å². The number of esters is 1. The van der Waals surface area contributed by atoms with Crippen LogP contribution >= 0.6 is 27.3 Å². The van der Waals surface area contributed by atoms with E-state index in [9.17, 15) is 18.0 Å². The fraction of sp³-hybridized carbons (Fsp3) is 0.294. The molecule has 26 heavy (non-hydrogen) atoms. The van der Waals surface area contributed by atoms with Crippen LogP contribution in [-0.4, -0.2) is 43.4 Å². The predicted octanol–water partition coefficient (Wildman–Crippen LogP) is 2.62. The van der Waals surface area contributed by atoms with Crippen LogP contribution in [0, 0.1) is 0 Å².